The molecule has 5 heteroatoms. The van der Waals surface area contributed by atoms with E-state index in [2.05, 4.69) is 4.98 Å². The van der Waals surface area contributed by atoms with E-state index in [0.717, 1.165) is 10.3 Å². The average molecular weight is 266 g/mol. The normalized spacial score (nSPS) is 13.1. The molecule has 0 saturated carbocycles. The van der Waals surface area contributed by atoms with Crippen LogP contribution in [-0.4, -0.2) is 10.1 Å². The summed E-state index contributed by atoms with van der Waals surface area (Å²) in [6, 6.07) is 7.16. The number of benzene rings is 1. The van der Waals surface area contributed by atoms with Crippen LogP contribution in [0.4, 0.5) is 0 Å². The van der Waals surface area contributed by atoms with Gasteiger partial charge in [0, 0.05) is 16.6 Å². The number of furan rings is 1. The van der Waals surface area contributed by atoms with Crippen LogP contribution in [0, 0.1) is 0 Å². The lowest BCUT2D eigenvalue weighted by atomic mass is 10.2. The third kappa shape index (κ3) is 1.95. The van der Waals surface area contributed by atoms with Crippen LogP contribution in [0.3, 0.4) is 0 Å². The van der Waals surface area contributed by atoms with Gasteiger partial charge in [-0.3, -0.25) is 4.98 Å². The third-order valence-corrected chi connectivity index (χ3v) is 3.55. The van der Waals surface area contributed by atoms with Crippen molar-refractivity contribution < 1.29 is 9.52 Å². The quantitative estimate of drug-likeness (QED) is 0.770. The van der Waals surface area contributed by atoms with E-state index in [0.29, 0.717) is 16.4 Å². The van der Waals surface area contributed by atoms with Gasteiger partial charge in [-0.1, -0.05) is 11.6 Å². The van der Waals surface area contributed by atoms with Crippen molar-refractivity contribution in [3.63, 3.8) is 0 Å². The van der Waals surface area contributed by atoms with Crippen molar-refractivity contribution in [2.24, 2.45) is 0 Å². The van der Waals surface area contributed by atoms with Gasteiger partial charge in [-0.25, -0.2) is 0 Å². The Morgan fingerprint density at radius 2 is 2.24 bits per heavy atom. The van der Waals surface area contributed by atoms with Crippen molar-refractivity contribution in [1.82, 2.24) is 4.98 Å². The van der Waals surface area contributed by atoms with E-state index in [1.807, 2.05) is 6.07 Å². The molecule has 86 valence electrons. The van der Waals surface area contributed by atoms with E-state index in [1.54, 1.807) is 29.9 Å². The highest BCUT2D eigenvalue weighted by atomic mass is 35.5. The fourth-order valence-electron chi connectivity index (χ4n) is 1.67. The lowest BCUT2D eigenvalue weighted by Crippen LogP contribution is -1.94. The predicted molar refractivity (Wildman–Crippen MR) is 67.4 cm³/mol. The first-order valence-corrected chi connectivity index (χ1v) is 6.25. The molecule has 3 aromatic rings. The maximum absolute atomic E-state index is 10.1. The molecule has 0 spiro atoms. The highest BCUT2D eigenvalue weighted by Gasteiger charge is 2.16. The smallest absolute Gasteiger partial charge is 0.147 e. The molecule has 1 atom stereocenters. The first-order valence-electron chi connectivity index (χ1n) is 4.99. The van der Waals surface area contributed by atoms with E-state index in [9.17, 15) is 5.11 Å². The zero-order valence-electron chi connectivity index (χ0n) is 8.63. The Labute approximate surface area is 106 Å². The van der Waals surface area contributed by atoms with Crippen molar-refractivity contribution in [2.75, 3.05) is 0 Å². The van der Waals surface area contributed by atoms with E-state index < -0.39 is 6.10 Å². The maximum atomic E-state index is 10.1. The Bertz CT molecular complexity index is 648. The number of aliphatic hydroxyl groups excluding tert-OH is 1. The van der Waals surface area contributed by atoms with Gasteiger partial charge in [0.05, 0.1) is 10.4 Å². The van der Waals surface area contributed by atoms with Crippen molar-refractivity contribution in [3.05, 3.63) is 51.6 Å². The van der Waals surface area contributed by atoms with Gasteiger partial charge in [-0.05, 0) is 24.3 Å². The molecule has 1 N–H and O–H groups in total. The van der Waals surface area contributed by atoms with Crippen LogP contribution in [0.15, 0.2) is 40.4 Å². The number of fused-ring (bicyclic) bond motifs is 1. The first-order chi connectivity index (χ1) is 8.24. The highest BCUT2D eigenvalue weighted by Crippen LogP contribution is 2.30. The van der Waals surface area contributed by atoms with Crippen molar-refractivity contribution in [1.29, 1.82) is 0 Å². The monoisotopic (exact) mass is 265 g/mol. The van der Waals surface area contributed by atoms with Crippen LogP contribution in [0.25, 0.3) is 11.0 Å². The molecule has 3 rings (SSSR count). The van der Waals surface area contributed by atoms with Gasteiger partial charge < -0.3 is 9.52 Å². The van der Waals surface area contributed by atoms with Crippen molar-refractivity contribution in [2.45, 2.75) is 6.10 Å². The molecule has 0 aliphatic carbocycles. The number of rotatable bonds is 2. The largest absolute Gasteiger partial charge is 0.458 e. The summed E-state index contributed by atoms with van der Waals surface area (Å²) >= 11 is 7.29. The van der Waals surface area contributed by atoms with Gasteiger partial charge in [0.25, 0.3) is 0 Å². The molecule has 0 amide bonds. The second-order valence-electron chi connectivity index (χ2n) is 3.64. The van der Waals surface area contributed by atoms with Crippen molar-refractivity contribution in [3.8, 4) is 0 Å². The maximum Gasteiger partial charge on any atom is 0.147 e. The van der Waals surface area contributed by atoms with Gasteiger partial charge in [0.15, 0.2) is 0 Å². The topological polar surface area (TPSA) is 46.3 Å². The second kappa shape index (κ2) is 4.14. The molecule has 0 fully saturated rings. The minimum atomic E-state index is -0.770. The van der Waals surface area contributed by atoms with Crippen LogP contribution < -0.4 is 0 Å². The zero-order chi connectivity index (χ0) is 11.8. The van der Waals surface area contributed by atoms with Gasteiger partial charge in [-0.2, -0.15) is 0 Å². The van der Waals surface area contributed by atoms with E-state index in [4.69, 9.17) is 16.0 Å². The predicted octanol–water partition coefficient (Wildman–Crippen LogP) is 3.62. The molecule has 1 unspecified atom stereocenters. The lowest BCUT2D eigenvalue weighted by Gasteiger charge is -2.02. The molecule has 0 radical (unpaired) electrons. The fraction of sp³-hybridized carbons (Fsp3) is 0.0833. The van der Waals surface area contributed by atoms with E-state index in [-0.39, 0.29) is 0 Å². The number of thiazole rings is 1. The summed E-state index contributed by atoms with van der Waals surface area (Å²) in [6.07, 6.45) is 0.865. The Kier molecular flexibility index (Phi) is 2.63. The van der Waals surface area contributed by atoms with Crippen LogP contribution in [0.1, 0.15) is 16.7 Å². The molecule has 0 aliphatic rings. The van der Waals surface area contributed by atoms with Gasteiger partial charge in [0.2, 0.25) is 0 Å². The molecule has 0 bridgehead atoms. The van der Waals surface area contributed by atoms with Crippen LogP contribution in [0.2, 0.25) is 5.02 Å². The van der Waals surface area contributed by atoms with Crippen molar-refractivity contribution >= 4 is 33.9 Å². The number of hydrogen-bond acceptors (Lipinski definition) is 4. The summed E-state index contributed by atoms with van der Waals surface area (Å²) in [6.45, 7) is 0. The Morgan fingerprint density at radius 1 is 1.35 bits per heavy atom. The molecular formula is C12H8ClNO2S. The van der Waals surface area contributed by atoms with Gasteiger partial charge >= 0.3 is 0 Å². The Balaban J connectivity index is 2.06. The number of aliphatic hydroxyl groups is 1. The Morgan fingerprint density at radius 3 is 3.00 bits per heavy atom. The summed E-state index contributed by atoms with van der Waals surface area (Å²) in [5, 5.41) is 11.6. The van der Waals surface area contributed by atoms with E-state index in [1.165, 1.54) is 11.3 Å². The number of aromatic nitrogens is 1. The zero-order valence-corrected chi connectivity index (χ0v) is 10.2. The lowest BCUT2D eigenvalue weighted by molar-refractivity contribution is 0.195. The molecular weight excluding hydrogens is 258 g/mol. The van der Waals surface area contributed by atoms with Crippen LogP contribution in [0.5, 0.6) is 0 Å². The van der Waals surface area contributed by atoms with Crippen LogP contribution >= 0.6 is 22.9 Å². The molecule has 0 saturated heterocycles. The molecule has 3 nitrogen and oxygen atoms in total. The summed E-state index contributed by atoms with van der Waals surface area (Å²) in [5.74, 6) is 0.506. The minimum Gasteiger partial charge on any atom is -0.458 e. The third-order valence-electron chi connectivity index (χ3n) is 2.49. The summed E-state index contributed by atoms with van der Waals surface area (Å²) in [5.41, 5.74) is 2.39. The fourth-order valence-corrected chi connectivity index (χ4v) is 2.46. The van der Waals surface area contributed by atoms with Crippen LogP contribution in [-0.2, 0) is 0 Å². The Hall–Kier alpha value is -1.36. The van der Waals surface area contributed by atoms with E-state index >= 15 is 0 Å². The molecule has 0 aliphatic heterocycles. The van der Waals surface area contributed by atoms with Gasteiger partial charge in [0.1, 0.15) is 17.4 Å². The highest BCUT2D eigenvalue weighted by molar-refractivity contribution is 7.09. The molecule has 2 heterocycles. The summed E-state index contributed by atoms with van der Waals surface area (Å²) < 4.78 is 5.58. The van der Waals surface area contributed by atoms with Gasteiger partial charge in [-0.15, -0.1) is 11.3 Å². The number of nitrogens with zero attached hydrogens (tertiary/aromatic N) is 1. The summed E-state index contributed by atoms with van der Waals surface area (Å²) in [4.78, 5) is 4.69. The molecule has 2 aromatic heterocycles. The first kappa shape index (κ1) is 10.8. The minimum absolute atomic E-state index is 0.506. The SMILES string of the molecule is OC(c1cc2cc(Cl)ccc2o1)c1cncs1. The number of hydrogen-bond donors (Lipinski definition) is 1. The standard InChI is InChI=1S/C12H8ClNO2S/c13-8-1-2-9-7(3-8)4-10(16-9)12(15)11-5-14-6-17-11/h1-6,12,15H. The molecule has 1 aromatic carbocycles. The molecule has 17 heavy (non-hydrogen) atoms. The second-order valence-corrected chi connectivity index (χ2v) is 4.99. The number of halogens is 1. The average Bonchev–Trinajstić information content (AvgIpc) is 2.96. The summed E-state index contributed by atoms with van der Waals surface area (Å²) in [7, 11) is 0.